The van der Waals surface area contributed by atoms with Crippen molar-refractivity contribution >= 4 is 23.4 Å². The molecule has 0 radical (unpaired) electrons. The van der Waals surface area contributed by atoms with E-state index >= 15 is 0 Å². The third kappa shape index (κ3) is 2.67. The van der Waals surface area contributed by atoms with Crippen molar-refractivity contribution in [2.75, 3.05) is 0 Å². The van der Waals surface area contributed by atoms with Gasteiger partial charge in [0.25, 0.3) is 0 Å². The highest BCUT2D eigenvalue weighted by Crippen LogP contribution is 2.32. The van der Waals surface area contributed by atoms with Gasteiger partial charge in [0.05, 0.1) is 11.6 Å². The van der Waals surface area contributed by atoms with E-state index in [0.29, 0.717) is 0 Å². The van der Waals surface area contributed by atoms with E-state index < -0.39 is 23.2 Å². The van der Waals surface area contributed by atoms with Crippen molar-refractivity contribution in [3.63, 3.8) is 0 Å². The number of halogens is 1. The number of alkyl halides is 1. The molecule has 0 aliphatic rings. The zero-order chi connectivity index (χ0) is 13.9. The molecule has 2 unspecified atom stereocenters. The number of nitriles is 1. The zero-order valence-corrected chi connectivity index (χ0v) is 10.2. The fraction of sp³-hybridized carbons (Fsp3) is 0.250. The third-order valence-electron chi connectivity index (χ3n) is 2.40. The number of aliphatic hydroxyl groups is 1. The first-order chi connectivity index (χ1) is 8.40. The molecular formula is C12H10ClNO4. The first-order valence-corrected chi connectivity index (χ1v) is 5.42. The van der Waals surface area contributed by atoms with Gasteiger partial charge in [-0.15, -0.1) is 11.6 Å². The van der Waals surface area contributed by atoms with Crippen LogP contribution in [0.3, 0.4) is 0 Å². The van der Waals surface area contributed by atoms with Gasteiger partial charge in [0.15, 0.2) is 11.9 Å². The molecule has 0 saturated carbocycles. The number of hydrogen-bond acceptors (Lipinski definition) is 4. The lowest BCUT2D eigenvalue weighted by molar-refractivity contribution is -0.147. The number of carboxylic acid groups (broad SMARTS) is 1. The van der Waals surface area contributed by atoms with Crippen molar-refractivity contribution in [2.24, 2.45) is 0 Å². The Balaban J connectivity index is 3.48. The minimum Gasteiger partial charge on any atom is -0.479 e. The first kappa shape index (κ1) is 14.2. The van der Waals surface area contributed by atoms with Crippen LogP contribution in [-0.4, -0.2) is 22.0 Å². The van der Waals surface area contributed by atoms with Gasteiger partial charge in [0, 0.05) is 5.56 Å². The minimum absolute atomic E-state index is 0.0447. The number of aliphatic hydroxyl groups excluding tert-OH is 1. The number of carboxylic acids is 1. The van der Waals surface area contributed by atoms with Crippen LogP contribution in [0, 0.1) is 11.3 Å². The summed E-state index contributed by atoms with van der Waals surface area (Å²) in [5.74, 6) is -1.91. The summed E-state index contributed by atoms with van der Waals surface area (Å²) in [4.78, 5) is 22.1. The van der Waals surface area contributed by atoms with Gasteiger partial charge < -0.3 is 10.2 Å². The SMILES string of the molecule is CC(=O)C(Cl)c1c(C#N)cccc1C(O)C(=O)O. The van der Waals surface area contributed by atoms with Crippen LogP contribution in [0.5, 0.6) is 0 Å². The van der Waals surface area contributed by atoms with Crippen LogP contribution >= 0.6 is 11.6 Å². The summed E-state index contributed by atoms with van der Waals surface area (Å²) < 4.78 is 0. The number of carbonyl (C=O) groups is 2. The molecule has 0 fully saturated rings. The van der Waals surface area contributed by atoms with E-state index in [2.05, 4.69) is 0 Å². The lowest BCUT2D eigenvalue weighted by Crippen LogP contribution is -2.16. The Bertz CT molecular complexity index is 535. The summed E-state index contributed by atoms with van der Waals surface area (Å²) in [5, 5.41) is 26.1. The first-order valence-electron chi connectivity index (χ1n) is 4.98. The van der Waals surface area contributed by atoms with Crippen LogP contribution in [-0.2, 0) is 9.59 Å². The second kappa shape index (κ2) is 5.63. The predicted octanol–water partition coefficient (Wildman–Crippen LogP) is 1.55. The van der Waals surface area contributed by atoms with E-state index in [4.69, 9.17) is 22.0 Å². The molecule has 0 aliphatic carbocycles. The van der Waals surface area contributed by atoms with Crippen LogP contribution in [0.1, 0.15) is 35.1 Å². The average Bonchev–Trinajstić information content (AvgIpc) is 2.35. The highest BCUT2D eigenvalue weighted by atomic mass is 35.5. The molecule has 0 aliphatic heterocycles. The fourth-order valence-electron chi connectivity index (χ4n) is 1.54. The number of carbonyl (C=O) groups excluding carboxylic acids is 1. The van der Waals surface area contributed by atoms with Crippen molar-refractivity contribution in [3.8, 4) is 6.07 Å². The van der Waals surface area contributed by atoms with Crippen molar-refractivity contribution < 1.29 is 19.8 Å². The van der Waals surface area contributed by atoms with E-state index in [1.54, 1.807) is 0 Å². The van der Waals surface area contributed by atoms with Gasteiger partial charge in [-0.3, -0.25) is 4.79 Å². The molecular weight excluding hydrogens is 258 g/mol. The smallest absolute Gasteiger partial charge is 0.337 e. The van der Waals surface area contributed by atoms with Crippen LogP contribution in [0.25, 0.3) is 0 Å². The zero-order valence-electron chi connectivity index (χ0n) is 9.42. The molecule has 0 amide bonds. The molecule has 0 aromatic heterocycles. The largest absolute Gasteiger partial charge is 0.479 e. The van der Waals surface area contributed by atoms with Gasteiger partial charge >= 0.3 is 5.97 Å². The third-order valence-corrected chi connectivity index (χ3v) is 2.92. The molecule has 2 N–H and O–H groups in total. The summed E-state index contributed by atoms with van der Waals surface area (Å²) in [7, 11) is 0. The lowest BCUT2D eigenvalue weighted by Gasteiger charge is -2.16. The second-order valence-electron chi connectivity index (χ2n) is 3.63. The summed E-state index contributed by atoms with van der Waals surface area (Å²) in [6.45, 7) is 1.22. The average molecular weight is 268 g/mol. The number of hydrogen-bond donors (Lipinski definition) is 2. The molecule has 5 nitrogen and oxygen atoms in total. The van der Waals surface area contributed by atoms with Crippen molar-refractivity contribution in [1.82, 2.24) is 0 Å². The predicted molar refractivity (Wildman–Crippen MR) is 63.0 cm³/mol. The van der Waals surface area contributed by atoms with Crippen LogP contribution < -0.4 is 0 Å². The maximum absolute atomic E-state index is 11.3. The molecule has 0 heterocycles. The molecule has 6 heteroatoms. The molecule has 94 valence electrons. The van der Waals surface area contributed by atoms with E-state index in [1.165, 1.54) is 25.1 Å². The monoisotopic (exact) mass is 267 g/mol. The van der Waals surface area contributed by atoms with E-state index in [1.807, 2.05) is 6.07 Å². The summed E-state index contributed by atoms with van der Waals surface area (Å²) in [5.41, 5.74) is 0.0730. The van der Waals surface area contributed by atoms with Gasteiger partial charge in [-0.25, -0.2) is 4.79 Å². The number of Topliss-reactive ketones (excluding diaryl/α,β-unsaturated/α-hetero) is 1. The van der Waals surface area contributed by atoms with Crippen molar-refractivity contribution in [2.45, 2.75) is 18.4 Å². The molecule has 1 rings (SSSR count). The Labute approximate surface area is 108 Å². The normalized spacial score (nSPS) is 13.4. The van der Waals surface area contributed by atoms with E-state index in [9.17, 15) is 14.7 Å². The highest BCUT2D eigenvalue weighted by molar-refractivity contribution is 6.31. The van der Waals surface area contributed by atoms with Crippen LogP contribution in [0.15, 0.2) is 18.2 Å². The van der Waals surface area contributed by atoms with Crippen LogP contribution in [0.2, 0.25) is 0 Å². The number of aliphatic carboxylic acids is 1. The number of ketones is 1. The van der Waals surface area contributed by atoms with E-state index in [-0.39, 0.29) is 16.7 Å². The Morgan fingerprint density at radius 2 is 2.06 bits per heavy atom. The second-order valence-corrected chi connectivity index (χ2v) is 4.07. The Hall–Kier alpha value is -1.90. The topological polar surface area (TPSA) is 98.4 Å². The molecule has 1 aromatic rings. The molecule has 0 saturated heterocycles. The number of nitrogens with zero attached hydrogens (tertiary/aromatic N) is 1. The van der Waals surface area contributed by atoms with Gasteiger partial charge in [-0.1, -0.05) is 12.1 Å². The molecule has 0 bridgehead atoms. The summed E-state index contributed by atoms with van der Waals surface area (Å²) in [6, 6.07) is 5.98. The maximum atomic E-state index is 11.3. The standard InChI is InChI=1S/C12H10ClNO4/c1-6(15)10(13)9-7(5-14)3-2-4-8(9)11(16)12(17)18/h2-4,10-11,16H,1H3,(H,17,18). The Morgan fingerprint density at radius 1 is 1.44 bits per heavy atom. The molecule has 2 atom stereocenters. The van der Waals surface area contributed by atoms with Gasteiger partial charge in [-0.05, 0) is 18.6 Å². The van der Waals surface area contributed by atoms with Crippen molar-refractivity contribution in [1.29, 1.82) is 5.26 Å². The lowest BCUT2D eigenvalue weighted by atomic mass is 9.93. The quantitative estimate of drug-likeness (QED) is 0.807. The number of benzene rings is 1. The van der Waals surface area contributed by atoms with Crippen molar-refractivity contribution in [3.05, 3.63) is 34.9 Å². The minimum atomic E-state index is -1.83. The van der Waals surface area contributed by atoms with Crippen LogP contribution in [0.4, 0.5) is 0 Å². The number of rotatable bonds is 4. The van der Waals surface area contributed by atoms with Gasteiger partial charge in [0.2, 0.25) is 0 Å². The summed E-state index contributed by atoms with van der Waals surface area (Å²) in [6.07, 6.45) is -1.83. The van der Waals surface area contributed by atoms with Gasteiger partial charge in [0.1, 0.15) is 5.38 Å². The fourth-order valence-corrected chi connectivity index (χ4v) is 1.78. The van der Waals surface area contributed by atoms with E-state index in [0.717, 1.165) is 0 Å². The maximum Gasteiger partial charge on any atom is 0.337 e. The molecule has 1 aromatic carbocycles. The summed E-state index contributed by atoms with van der Waals surface area (Å²) >= 11 is 5.87. The van der Waals surface area contributed by atoms with Gasteiger partial charge in [-0.2, -0.15) is 5.26 Å². The molecule has 0 spiro atoms. The molecule has 18 heavy (non-hydrogen) atoms. The highest BCUT2D eigenvalue weighted by Gasteiger charge is 2.27. The Morgan fingerprint density at radius 3 is 2.50 bits per heavy atom. The Kier molecular flexibility index (Phi) is 4.43.